The number of aromatic nitrogens is 4. The van der Waals surface area contributed by atoms with Gasteiger partial charge in [-0.25, -0.2) is 19.7 Å². The zero-order valence-electron chi connectivity index (χ0n) is 17.3. The molecule has 5 atom stereocenters. The first-order chi connectivity index (χ1) is 15.9. The van der Waals surface area contributed by atoms with E-state index in [1.807, 2.05) is 30.3 Å². The van der Waals surface area contributed by atoms with Crippen LogP contribution in [0, 0.1) is 0 Å². The van der Waals surface area contributed by atoms with Crippen LogP contribution in [0.1, 0.15) is 12.6 Å². The van der Waals surface area contributed by atoms with Gasteiger partial charge in [0, 0.05) is 4.90 Å². The third-order valence-electron chi connectivity index (χ3n) is 5.26. The highest BCUT2D eigenvalue weighted by Crippen LogP contribution is 2.32. The smallest absolute Gasteiger partial charge is 0.335 e. The molecule has 1 aliphatic rings. The molecule has 5 unspecified atom stereocenters. The van der Waals surface area contributed by atoms with Crippen molar-refractivity contribution in [3.8, 4) is 0 Å². The minimum absolute atomic E-state index is 0.130. The van der Waals surface area contributed by atoms with Gasteiger partial charge >= 0.3 is 5.97 Å². The number of thioether (sulfide) groups is 1. The van der Waals surface area contributed by atoms with Crippen LogP contribution in [0.5, 0.6) is 0 Å². The highest BCUT2D eigenvalue weighted by atomic mass is 32.2. The lowest BCUT2D eigenvalue weighted by molar-refractivity contribution is -0.152. The van der Waals surface area contributed by atoms with E-state index in [-0.39, 0.29) is 17.0 Å². The summed E-state index contributed by atoms with van der Waals surface area (Å²) in [6.45, 7) is 0. The van der Waals surface area contributed by atoms with Gasteiger partial charge in [-0.15, -0.1) is 11.8 Å². The maximum Gasteiger partial charge on any atom is 0.335 e. The van der Waals surface area contributed by atoms with Gasteiger partial charge in [-0.1, -0.05) is 18.2 Å². The molecule has 1 saturated heterocycles. The number of carbonyl (C=O) groups is 2. The predicted octanol–water partition coefficient (Wildman–Crippen LogP) is -0.254. The third-order valence-corrected chi connectivity index (χ3v) is 6.31. The second-order valence-electron chi connectivity index (χ2n) is 7.45. The Morgan fingerprint density at radius 3 is 2.73 bits per heavy atom. The van der Waals surface area contributed by atoms with Crippen LogP contribution in [-0.2, 0) is 14.3 Å². The lowest BCUT2D eigenvalue weighted by Crippen LogP contribution is -2.54. The molecule has 7 N–H and O–H groups in total. The SMILES string of the molecule is Nc1ncnc2c1ncn2C1OC(C(=O)O)C(NC(=O)C(N)CCSc2ccccc2)C1O. The van der Waals surface area contributed by atoms with Gasteiger partial charge < -0.3 is 31.7 Å². The van der Waals surface area contributed by atoms with Crippen LogP contribution >= 0.6 is 11.8 Å². The van der Waals surface area contributed by atoms with Gasteiger partial charge in [0.15, 0.2) is 23.8 Å². The predicted molar refractivity (Wildman–Crippen MR) is 119 cm³/mol. The van der Waals surface area contributed by atoms with Crippen LogP contribution in [0.15, 0.2) is 47.9 Å². The molecule has 4 rings (SSSR count). The lowest BCUT2D eigenvalue weighted by Gasteiger charge is -2.22. The van der Waals surface area contributed by atoms with E-state index in [2.05, 4.69) is 20.3 Å². The van der Waals surface area contributed by atoms with E-state index in [1.54, 1.807) is 11.8 Å². The summed E-state index contributed by atoms with van der Waals surface area (Å²) in [6.07, 6.45) is -1.18. The second kappa shape index (κ2) is 9.70. The van der Waals surface area contributed by atoms with Crippen molar-refractivity contribution in [2.45, 2.75) is 41.8 Å². The number of benzene rings is 1. The van der Waals surface area contributed by atoms with Crippen LogP contribution < -0.4 is 16.8 Å². The second-order valence-corrected chi connectivity index (χ2v) is 8.62. The fourth-order valence-electron chi connectivity index (χ4n) is 3.55. The summed E-state index contributed by atoms with van der Waals surface area (Å²) in [5.74, 6) is -1.20. The van der Waals surface area contributed by atoms with Gasteiger partial charge in [0.25, 0.3) is 0 Å². The molecule has 1 amide bonds. The molecule has 0 aliphatic carbocycles. The molecule has 3 aromatic rings. The molecule has 0 saturated carbocycles. The van der Waals surface area contributed by atoms with Gasteiger partial charge in [-0.2, -0.15) is 0 Å². The molecule has 0 bridgehead atoms. The highest BCUT2D eigenvalue weighted by molar-refractivity contribution is 7.99. The van der Waals surface area contributed by atoms with Crippen LogP contribution in [0.3, 0.4) is 0 Å². The highest BCUT2D eigenvalue weighted by Gasteiger charge is 2.49. The average molecular weight is 474 g/mol. The molecule has 1 aliphatic heterocycles. The van der Waals surface area contributed by atoms with E-state index in [4.69, 9.17) is 16.2 Å². The van der Waals surface area contributed by atoms with Crippen molar-refractivity contribution in [3.63, 3.8) is 0 Å². The first-order valence-electron chi connectivity index (χ1n) is 10.1. The summed E-state index contributed by atoms with van der Waals surface area (Å²) in [5, 5.41) is 23.0. The summed E-state index contributed by atoms with van der Waals surface area (Å²) in [7, 11) is 0. The summed E-state index contributed by atoms with van der Waals surface area (Å²) < 4.78 is 6.93. The van der Waals surface area contributed by atoms with Crippen molar-refractivity contribution in [2.24, 2.45) is 5.73 Å². The molecule has 1 aromatic carbocycles. The standard InChI is InChI=1S/C20H23N7O5S/c21-11(6-7-33-10-4-2-1-3-5-10)18(29)26-12-14(28)19(32-15(12)20(30)31)27-9-25-13-16(22)23-8-24-17(13)27/h1-5,8-9,11-12,14-15,19,28H,6-7,21H2,(H,26,29)(H,30,31)(H2,22,23,24). The largest absolute Gasteiger partial charge is 0.479 e. The number of ether oxygens (including phenoxy) is 1. The number of carboxylic acids is 1. The number of carbonyl (C=O) groups excluding carboxylic acids is 1. The first-order valence-corrected chi connectivity index (χ1v) is 11.1. The molecule has 2 aromatic heterocycles. The number of anilines is 1. The topological polar surface area (TPSA) is 192 Å². The average Bonchev–Trinajstić information content (AvgIpc) is 3.37. The molecule has 0 radical (unpaired) electrons. The van der Waals surface area contributed by atoms with Crippen molar-refractivity contribution < 1.29 is 24.5 Å². The summed E-state index contributed by atoms with van der Waals surface area (Å²) in [5.41, 5.74) is 12.3. The third kappa shape index (κ3) is 4.75. The fourth-order valence-corrected chi connectivity index (χ4v) is 4.51. The van der Waals surface area contributed by atoms with Crippen molar-refractivity contribution in [1.82, 2.24) is 24.8 Å². The fraction of sp³-hybridized carbons (Fsp3) is 0.350. The van der Waals surface area contributed by atoms with E-state index in [0.717, 1.165) is 4.90 Å². The van der Waals surface area contributed by atoms with Crippen LogP contribution in [0.2, 0.25) is 0 Å². The number of aliphatic carboxylic acids is 1. The van der Waals surface area contributed by atoms with Gasteiger partial charge in [0.05, 0.1) is 18.4 Å². The zero-order chi connectivity index (χ0) is 23.5. The molecule has 0 spiro atoms. The first kappa shape index (κ1) is 22.9. The number of hydrogen-bond donors (Lipinski definition) is 5. The van der Waals surface area contributed by atoms with E-state index in [9.17, 15) is 19.8 Å². The number of nitrogens with two attached hydrogens (primary N) is 2. The van der Waals surface area contributed by atoms with Crippen molar-refractivity contribution >= 4 is 40.6 Å². The van der Waals surface area contributed by atoms with E-state index in [0.29, 0.717) is 12.2 Å². The number of amides is 1. The number of hydrogen-bond acceptors (Lipinski definition) is 10. The summed E-state index contributed by atoms with van der Waals surface area (Å²) in [4.78, 5) is 37.5. The van der Waals surface area contributed by atoms with Gasteiger partial charge in [-0.3, -0.25) is 9.36 Å². The van der Waals surface area contributed by atoms with E-state index >= 15 is 0 Å². The minimum atomic E-state index is -1.50. The van der Waals surface area contributed by atoms with E-state index in [1.165, 1.54) is 17.2 Å². The number of aliphatic hydroxyl groups is 1. The van der Waals surface area contributed by atoms with Crippen LogP contribution in [0.4, 0.5) is 5.82 Å². The van der Waals surface area contributed by atoms with Crippen molar-refractivity contribution in [3.05, 3.63) is 43.0 Å². The Balaban J connectivity index is 1.44. The molecule has 1 fully saturated rings. The molecule has 33 heavy (non-hydrogen) atoms. The molecule has 3 heterocycles. The maximum absolute atomic E-state index is 12.6. The Morgan fingerprint density at radius 2 is 2.00 bits per heavy atom. The zero-order valence-corrected chi connectivity index (χ0v) is 18.1. The van der Waals surface area contributed by atoms with Crippen LogP contribution in [0.25, 0.3) is 11.2 Å². The number of fused-ring (bicyclic) bond motifs is 1. The number of aliphatic hydroxyl groups excluding tert-OH is 1. The van der Waals surface area contributed by atoms with Gasteiger partial charge in [0.2, 0.25) is 5.91 Å². The monoisotopic (exact) mass is 473 g/mol. The van der Waals surface area contributed by atoms with Crippen molar-refractivity contribution in [1.29, 1.82) is 0 Å². The molecular formula is C20H23N7O5S. The van der Waals surface area contributed by atoms with Gasteiger partial charge in [0.1, 0.15) is 17.9 Å². The van der Waals surface area contributed by atoms with Crippen molar-refractivity contribution in [2.75, 3.05) is 11.5 Å². The quantitative estimate of drug-likeness (QED) is 0.271. The molecule has 13 heteroatoms. The molecule has 12 nitrogen and oxygen atoms in total. The summed E-state index contributed by atoms with van der Waals surface area (Å²) in [6, 6.07) is 7.55. The number of nitrogens with zero attached hydrogens (tertiary/aromatic N) is 4. The molecule has 174 valence electrons. The number of imidazole rings is 1. The number of nitrogen functional groups attached to an aromatic ring is 1. The number of rotatable bonds is 8. The van der Waals surface area contributed by atoms with Gasteiger partial charge in [-0.05, 0) is 24.3 Å². The number of nitrogens with one attached hydrogen (secondary N) is 1. The summed E-state index contributed by atoms with van der Waals surface area (Å²) >= 11 is 1.56. The Labute approximate surface area is 192 Å². The van der Waals surface area contributed by atoms with Crippen LogP contribution in [-0.4, -0.2) is 71.7 Å². The molecular weight excluding hydrogens is 450 g/mol. The van der Waals surface area contributed by atoms with E-state index < -0.39 is 42.4 Å². The minimum Gasteiger partial charge on any atom is -0.479 e. The lowest BCUT2D eigenvalue weighted by atomic mass is 10.1. The Morgan fingerprint density at radius 1 is 1.24 bits per heavy atom. The Bertz CT molecular complexity index is 1140. The number of carboxylic acid groups (broad SMARTS) is 1. The Hall–Kier alpha value is -3.26. The maximum atomic E-state index is 12.6. The Kier molecular flexibility index (Phi) is 6.74. The normalized spacial score (nSPS) is 23.5.